The standard InChI is InChI=1S/C24H16Cl2S/c25-23-7-3-1-5-21(23)17-9-13-19(14-10-17)27-20-15-11-18(12-16-20)22-6-2-4-8-24(22)26/h1-16H. The summed E-state index contributed by atoms with van der Waals surface area (Å²) in [5.41, 5.74) is 4.36. The molecule has 4 rings (SSSR count). The molecule has 0 aliphatic rings. The highest BCUT2D eigenvalue weighted by atomic mass is 35.5. The Morgan fingerprint density at radius 2 is 0.815 bits per heavy atom. The number of benzene rings is 4. The van der Waals surface area contributed by atoms with E-state index in [9.17, 15) is 0 Å². The molecule has 132 valence electrons. The fourth-order valence-corrected chi connectivity index (χ4v) is 4.24. The van der Waals surface area contributed by atoms with Gasteiger partial charge < -0.3 is 0 Å². The van der Waals surface area contributed by atoms with Gasteiger partial charge in [-0.1, -0.05) is 95.6 Å². The van der Waals surface area contributed by atoms with E-state index in [0.29, 0.717) is 0 Å². The highest BCUT2D eigenvalue weighted by molar-refractivity contribution is 7.99. The molecule has 0 N–H and O–H groups in total. The summed E-state index contributed by atoms with van der Waals surface area (Å²) in [7, 11) is 0. The van der Waals surface area contributed by atoms with Crippen LogP contribution in [-0.2, 0) is 0 Å². The van der Waals surface area contributed by atoms with E-state index in [-0.39, 0.29) is 0 Å². The zero-order chi connectivity index (χ0) is 18.6. The SMILES string of the molecule is Clc1ccccc1-c1ccc(Sc2ccc(-c3ccccc3Cl)cc2)cc1. The molecule has 4 aromatic carbocycles. The summed E-state index contributed by atoms with van der Waals surface area (Å²) in [6.07, 6.45) is 0. The summed E-state index contributed by atoms with van der Waals surface area (Å²) in [6, 6.07) is 32.8. The van der Waals surface area contributed by atoms with E-state index >= 15 is 0 Å². The summed E-state index contributed by atoms with van der Waals surface area (Å²) in [6.45, 7) is 0. The lowest BCUT2D eigenvalue weighted by Crippen LogP contribution is -1.81. The number of halogens is 2. The van der Waals surface area contributed by atoms with Crippen molar-refractivity contribution in [1.29, 1.82) is 0 Å². The summed E-state index contributed by atoms with van der Waals surface area (Å²) in [4.78, 5) is 2.38. The van der Waals surface area contributed by atoms with E-state index in [2.05, 4.69) is 48.5 Å². The van der Waals surface area contributed by atoms with Crippen LogP contribution in [0.5, 0.6) is 0 Å². The minimum atomic E-state index is 0.771. The lowest BCUT2D eigenvalue weighted by molar-refractivity contribution is 1.40. The Kier molecular flexibility index (Phi) is 5.54. The van der Waals surface area contributed by atoms with Crippen molar-refractivity contribution in [3.8, 4) is 22.3 Å². The first kappa shape index (κ1) is 18.2. The van der Waals surface area contributed by atoms with Crippen LogP contribution in [0.1, 0.15) is 0 Å². The van der Waals surface area contributed by atoms with Gasteiger partial charge in [-0.3, -0.25) is 0 Å². The van der Waals surface area contributed by atoms with Crippen LogP contribution in [0.4, 0.5) is 0 Å². The van der Waals surface area contributed by atoms with Crippen molar-refractivity contribution in [2.24, 2.45) is 0 Å². The van der Waals surface area contributed by atoms with Crippen molar-refractivity contribution in [2.45, 2.75) is 9.79 Å². The van der Waals surface area contributed by atoms with Crippen molar-refractivity contribution in [2.75, 3.05) is 0 Å². The normalized spacial score (nSPS) is 10.7. The zero-order valence-electron chi connectivity index (χ0n) is 14.4. The predicted molar refractivity (Wildman–Crippen MR) is 118 cm³/mol. The van der Waals surface area contributed by atoms with Gasteiger partial charge >= 0.3 is 0 Å². The fourth-order valence-electron chi connectivity index (χ4n) is 2.93. The zero-order valence-corrected chi connectivity index (χ0v) is 16.7. The molecule has 0 amide bonds. The largest absolute Gasteiger partial charge is 0.0901 e. The van der Waals surface area contributed by atoms with Gasteiger partial charge in [-0.25, -0.2) is 0 Å². The van der Waals surface area contributed by atoms with Gasteiger partial charge in [-0.2, -0.15) is 0 Å². The topological polar surface area (TPSA) is 0 Å². The van der Waals surface area contributed by atoms with Crippen molar-refractivity contribution < 1.29 is 0 Å². The molecular formula is C24H16Cl2S. The second-order valence-electron chi connectivity index (χ2n) is 6.11. The third-order valence-electron chi connectivity index (χ3n) is 4.31. The van der Waals surface area contributed by atoms with Crippen molar-refractivity contribution in [3.05, 3.63) is 107 Å². The van der Waals surface area contributed by atoms with Crippen LogP contribution in [0, 0.1) is 0 Å². The molecule has 0 atom stereocenters. The Bertz CT molecular complexity index is 967. The van der Waals surface area contributed by atoms with Crippen LogP contribution < -0.4 is 0 Å². The summed E-state index contributed by atoms with van der Waals surface area (Å²) in [5.74, 6) is 0. The first-order valence-electron chi connectivity index (χ1n) is 8.58. The minimum absolute atomic E-state index is 0.771. The van der Waals surface area contributed by atoms with Crippen LogP contribution in [0.15, 0.2) is 107 Å². The second kappa shape index (κ2) is 8.22. The van der Waals surface area contributed by atoms with E-state index < -0.39 is 0 Å². The van der Waals surface area contributed by atoms with Gasteiger partial charge in [-0.15, -0.1) is 0 Å². The van der Waals surface area contributed by atoms with Crippen LogP contribution in [-0.4, -0.2) is 0 Å². The van der Waals surface area contributed by atoms with Gasteiger partial charge in [0.05, 0.1) is 0 Å². The molecule has 0 bridgehead atoms. The van der Waals surface area contributed by atoms with E-state index in [1.54, 1.807) is 11.8 Å². The first-order chi connectivity index (χ1) is 13.2. The molecular weight excluding hydrogens is 391 g/mol. The molecule has 0 unspecified atom stereocenters. The van der Waals surface area contributed by atoms with Gasteiger partial charge in [0.15, 0.2) is 0 Å². The van der Waals surface area contributed by atoms with Gasteiger partial charge in [0, 0.05) is 31.0 Å². The average Bonchev–Trinajstić information content (AvgIpc) is 2.70. The van der Waals surface area contributed by atoms with Gasteiger partial charge in [0.25, 0.3) is 0 Å². The molecule has 0 fully saturated rings. The monoisotopic (exact) mass is 406 g/mol. The second-order valence-corrected chi connectivity index (χ2v) is 8.07. The molecule has 3 heteroatoms. The maximum atomic E-state index is 6.29. The predicted octanol–water partition coefficient (Wildman–Crippen LogP) is 8.48. The molecule has 0 spiro atoms. The van der Waals surface area contributed by atoms with Crippen molar-refractivity contribution in [3.63, 3.8) is 0 Å². The Labute approximate surface area is 173 Å². The van der Waals surface area contributed by atoms with Crippen LogP contribution >= 0.6 is 35.0 Å². The average molecular weight is 407 g/mol. The summed E-state index contributed by atoms with van der Waals surface area (Å²) in [5, 5.41) is 1.54. The molecule has 0 saturated heterocycles. The van der Waals surface area contributed by atoms with Crippen molar-refractivity contribution in [1.82, 2.24) is 0 Å². The van der Waals surface area contributed by atoms with Crippen molar-refractivity contribution >= 4 is 35.0 Å². The third kappa shape index (κ3) is 4.22. The molecule has 4 aromatic rings. The van der Waals surface area contributed by atoms with Crippen LogP contribution in [0.2, 0.25) is 10.0 Å². The Morgan fingerprint density at radius 3 is 1.19 bits per heavy atom. The molecule has 0 aliphatic carbocycles. The minimum Gasteiger partial charge on any atom is -0.0901 e. The molecule has 0 radical (unpaired) electrons. The summed E-state index contributed by atoms with van der Waals surface area (Å²) >= 11 is 14.3. The van der Waals surface area contributed by atoms with Gasteiger partial charge in [0.2, 0.25) is 0 Å². The molecule has 0 saturated carbocycles. The van der Waals surface area contributed by atoms with E-state index in [4.69, 9.17) is 23.2 Å². The molecule has 0 heterocycles. The first-order valence-corrected chi connectivity index (χ1v) is 10.2. The number of rotatable bonds is 4. The quantitative estimate of drug-likeness (QED) is 0.327. The molecule has 0 aliphatic heterocycles. The van der Waals surface area contributed by atoms with Gasteiger partial charge in [-0.05, 0) is 47.5 Å². The highest BCUT2D eigenvalue weighted by Gasteiger charge is 2.05. The third-order valence-corrected chi connectivity index (χ3v) is 5.99. The number of hydrogen-bond acceptors (Lipinski definition) is 1. The molecule has 27 heavy (non-hydrogen) atoms. The molecule has 0 nitrogen and oxygen atoms in total. The van der Waals surface area contributed by atoms with Gasteiger partial charge in [0.1, 0.15) is 0 Å². The Hall–Kier alpha value is -2.19. The van der Waals surface area contributed by atoms with E-state index in [0.717, 1.165) is 32.3 Å². The Balaban J connectivity index is 1.51. The summed E-state index contributed by atoms with van der Waals surface area (Å²) < 4.78 is 0. The lowest BCUT2D eigenvalue weighted by Gasteiger charge is -2.08. The number of hydrogen-bond donors (Lipinski definition) is 0. The highest BCUT2D eigenvalue weighted by Crippen LogP contribution is 2.34. The maximum Gasteiger partial charge on any atom is 0.0484 e. The van der Waals surface area contributed by atoms with Crippen LogP contribution in [0.25, 0.3) is 22.3 Å². The van der Waals surface area contributed by atoms with E-state index in [1.165, 1.54) is 9.79 Å². The maximum absolute atomic E-state index is 6.29. The molecule has 0 aromatic heterocycles. The van der Waals surface area contributed by atoms with E-state index in [1.807, 2.05) is 48.5 Å². The Morgan fingerprint density at radius 1 is 0.444 bits per heavy atom. The smallest absolute Gasteiger partial charge is 0.0484 e. The lowest BCUT2D eigenvalue weighted by atomic mass is 10.1. The fraction of sp³-hybridized carbons (Fsp3) is 0. The van der Waals surface area contributed by atoms with Crippen LogP contribution in [0.3, 0.4) is 0 Å².